The number of aryl methyl sites for hydroxylation is 3. The van der Waals surface area contributed by atoms with E-state index in [4.69, 9.17) is 11.6 Å². The first-order chi connectivity index (χ1) is 22.0. The van der Waals surface area contributed by atoms with Crippen molar-refractivity contribution in [3.63, 3.8) is 0 Å². The molecule has 9 heteroatoms. The van der Waals surface area contributed by atoms with Crippen molar-refractivity contribution in [3.8, 4) is 0 Å². The van der Waals surface area contributed by atoms with Crippen LogP contribution in [0.15, 0.2) is 102 Å². The number of nitrogens with zero attached hydrogens (tertiary/aromatic N) is 2. The van der Waals surface area contributed by atoms with Crippen molar-refractivity contribution < 1.29 is 18.0 Å². The second kappa shape index (κ2) is 15.9. The zero-order valence-corrected chi connectivity index (χ0v) is 28.4. The molecule has 46 heavy (non-hydrogen) atoms. The van der Waals surface area contributed by atoms with Gasteiger partial charge in [0.05, 0.1) is 10.6 Å². The Hall–Kier alpha value is -4.14. The molecule has 0 aromatic heterocycles. The molecule has 7 nitrogen and oxygen atoms in total. The number of sulfonamides is 1. The summed E-state index contributed by atoms with van der Waals surface area (Å²) in [6.45, 7) is 7.72. The van der Waals surface area contributed by atoms with Gasteiger partial charge in [0, 0.05) is 24.5 Å². The van der Waals surface area contributed by atoms with E-state index < -0.39 is 28.5 Å². The molecular formula is C37H42ClN3O4S. The fraction of sp³-hybridized carbons (Fsp3) is 0.297. The fourth-order valence-corrected chi connectivity index (χ4v) is 6.91. The van der Waals surface area contributed by atoms with Gasteiger partial charge in [0.15, 0.2) is 0 Å². The first-order valence-electron chi connectivity index (χ1n) is 15.5. The van der Waals surface area contributed by atoms with E-state index >= 15 is 0 Å². The van der Waals surface area contributed by atoms with Crippen LogP contribution in [-0.4, -0.2) is 44.3 Å². The molecule has 0 aliphatic heterocycles. The first kappa shape index (κ1) is 34.7. The molecule has 4 aromatic carbocycles. The molecule has 1 atom stereocenters. The van der Waals surface area contributed by atoms with Gasteiger partial charge in [0.1, 0.15) is 12.6 Å². The molecule has 242 valence electrons. The van der Waals surface area contributed by atoms with E-state index in [1.807, 2.05) is 75.4 Å². The smallest absolute Gasteiger partial charge is 0.264 e. The molecule has 1 N–H and O–H groups in total. The third-order valence-corrected chi connectivity index (χ3v) is 9.87. The highest BCUT2D eigenvalue weighted by Gasteiger charge is 2.35. The summed E-state index contributed by atoms with van der Waals surface area (Å²) in [6, 6.07) is 27.9. The number of halogens is 1. The summed E-state index contributed by atoms with van der Waals surface area (Å²) in [6.07, 6.45) is 1.96. The van der Waals surface area contributed by atoms with Gasteiger partial charge in [0.2, 0.25) is 11.8 Å². The number of amides is 2. The van der Waals surface area contributed by atoms with Crippen molar-refractivity contribution in [1.29, 1.82) is 0 Å². The van der Waals surface area contributed by atoms with Crippen molar-refractivity contribution in [2.75, 3.05) is 17.4 Å². The summed E-state index contributed by atoms with van der Waals surface area (Å²) in [5.74, 6) is -0.798. The maximum absolute atomic E-state index is 14.6. The van der Waals surface area contributed by atoms with Crippen molar-refractivity contribution in [2.45, 2.75) is 64.4 Å². The van der Waals surface area contributed by atoms with Gasteiger partial charge >= 0.3 is 0 Å². The minimum Gasteiger partial charge on any atom is -0.354 e. The number of hydrogen-bond acceptors (Lipinski definition) is 4. The van der Waals surface area contributed by atoms with E-state index in [1.165, 1.54) is 17.0 Å². The molecule has 0 saturated heterocycles. The number of rotatable bonds is 14. The summed E-state index contributed by atoms with van der Waals surface area (Å²) in [4.78, 5) is 30.1. The van der Waals surface area contributed by atoms with Crippen molar-refractivity contribution in [3.05, 3.63) is 130 Å². The highest BCUT2D eigenvalue weighted by Crippen LogP contribution is 2.30. The summed E-state index contributed by atoms with van der Waals surface area (Å²) in [5, 5.41) is 3.36. The quantitative estimate of drug-likeness (QED) is 0.148. The lowest BCUT2D eigenvalue weighted by Crippen LogP contribution is -2.53. The average molecular weight is 660 g/mol. The molecule has 0 aliphatic rings. The summed E-state index contributed by atoms with van der Waals surface area (Å²) in [5.41, 5.74) is 4.56. The predicted molar refractivity (Wildman–Crippen MR) is 185 cm³/mol. The first-order valence-corrected chi connectivity index (χ1v) is 17.3. The molecule has 0 unspecified atom stereocenters. The third-order valence-electron chi connectivity index (χ3n) is 7.86. The Morgan fingerprint density at radius 3 is 2.20 bits per heavy atom. The molecule has 4 aromatic rings. The van der Waals surface area contributed by atoms with E-state index in [0.29, 0.717) is 22.8 Å². The van der Waals surface area contributed by atoms with Crippen LogP contribution in [0.2, 0.25) is 5.02 Å². The Balaban J connectivity index is 1.82. The number of unbranched alkanes of at least 4 members (excludes halogenated alkanes) is 1. The fourth-order valence-electron chi connectivity index (χ4n) is 5.27. The van der Waals surface area contributed by atoms with E-state index in [0.717, 1.165) is 39.4 Å². The molecule has 2 amide bonds. The molecule has 4 rings (SSSR count). The van der Waals surface area contributed by atoms with E-state index in [9.17, 15) is 18.0 Å². The van der Waals surface area contributed by atoms with Crippen molar-refractivity contribution >= 4 is 39.1 Å². The number of anilines is 1. The zero-order chi connectivity index (χ0) is 33.3. The lowest BCUT2D eigenvalue weighted by atomic mass is 10.0. The van der Waals surface area contributed by atoms with Gasteiger partial charge in [0.25, 0.3) is 10.0 Å². The minimum absolute atomic E-state index is 0.0497. The number of carbonyl (C=O) groups is 2. The lowest BCUT2D eigenvalue weighted by molar-refractivity contribution is -0.140. The maximum Gasteiger partial charge on any atom is 0.264 e. The van der Waals surface area contributed by atoms with Crippen LogP contribution >= 0.6 is 11.6 Å². The second-order valence-electron chi connectivity index (χ2n) is 11.6. The normalized spacial score (nSPS) is 11.9. The highest BCUT2D eigenvalue weighted by molar-refractivity contribution is 7.92. The van der Waals surface area contributed by atoms with Crippen molar-refractivity contribution in [2.24, 2.45) is 0 Å². The average Bonchev–Trinajstić information content (AvgIpc) is 3.03. The molecule has 0 spiro atoms. The van der Waals surface area contributed by atoms with Crippen LogP contribution in [-0.2, 0) is 32.6 Å². The van der Waals surface area contributed by atoms with Gasteiger partial charge < -0.3 is 10.2 Å². The molecule has 0 bridgehead atoms. The Labute approximate surface area is 278 Å². The Morgan fingerprint density at radius 1 is 0.826 bits per heavy atom. The van der Waals surface area contributed by atoms with Gasteiger partial charge in [-0.25, -0.2) is 8.42 Å². The summed E-state index contributed by atoms with van der Waals surface area (Å²) in [7, 11) is -4.21. The molecular weight excluding hydrogens is 618 g/mol. The van der Waals surface area contributed by atoms with Crippen LogP contribution in [0.3, 0.4) is 0 Å². The summed E-state index contributed by atoms with van der Waals surface area (Å²) < 4.78 is 29.7. The Morgan fingerprint density at radius 2 is 1.52 bits per heavy atom. The highest BCUT2D eigenvalue weighted by atomic mass is 35.5. The summed E-state index contributed by atoms with van der Waals surface area (Å²) >= 11 is 6.37. The van der Waals surface area contributed by atoms with Gasteiger partial charge in [-0.05, 0) is 68.1 Å². The van der Waals surface area contributed by atoms with Crippen LogP contribution < -0.4 is 9.62 Å². The maximum atomic E-state index is 14.6. The van der Waals surface area contributed by atoms with Crippen LogP contribution in [0.1, 0.15) is 47.6 Å². The van der Waals surface area contributed by atoms with Crippen molar-refractivity contribution in [1.82, 2.24) is 10.2 Å². The number of benzene rings is 4. The minimum atomic E-state index is -4.21. The van der Waals surface area contributed by atoms with Crippen LogP contribution in [0, 0.1) is 20.8 Å². The predicted octanol–water partition coefficient (Wildman–Crippen LogP) is 7.02. The number of carbonyl (C=O) groups excluding carboxylic acids is 2. The SMILES string of the molecule is CCCCNC(=O)[C@@H](Cc1ccccc1)N(Cc1cccc(C)c1)C(=O)CN(c1cc(Cl)ccc1C)S(=O)(=O)c1ccc(C)cc1. The largest absolute Gasteiger partial charge is 0.354 e. The number of nitrogens with one attached hydrogen (secondary N) is 1. The zero-order valence-electron chi connectivity index (χ0n) is 26.9. The van der Waals surface area contributed by atoms with E-state index in [2.05, 4.69) is 5.32 Å². The Kier molecular flexibility index (Phi) is 12.0. The van der Waals surface area contributed by atoms with Crippen LogP contribution in [0.5, 0.6) is 0 Å². The molecule has 0 saturated carbocycles. The monoisotopic (exact) mass is 659 g/mol. The number of hydrogen-bond donors (Lipinski definition) is 1. The molecule has 0 fully saturated rings. The molecule has 0 aliphatic carbocycles. The second-order valence-corrected chi connectivity index (χ2v) is 13.9. The topological polar surface area (TPSA) is 86.8 Å². The van der Waals surface area contributed by atoms with Crippen LogP contribution in [0.4, 0.5) is 5.69 Å². The standard InChI is InChI=1S/C37H42ClN3O4S/c1-5-6-21-39-37(43)35(23-30-12-8-7-9-13-30)40(25-31-14-10-11-28(3)22-31)36(42)26-41(34-24-32(38)18-17-29(34)4)46(44,45)33-19-15-27(2)16-20-33/h7-20,22,24,35H,5-6,21,23,25-26H2,1-4H3,(H,39,43)/t35-/m1/s1. The Bertz CT molecular complexity index is 1740. The van der Waals surface area contributed by atoms with Crippen LogP contribution in [0.25, 0.3) is 0 Å². The van der Waals surface area contributed by atoms with Gasteiger partial charge in [-0.3, -0.25) is 13.9 Å². The molecule has 0 radical (unpaired) electrons. The van der Waals surface area contributed by atoms with Gasteiger partial charge in [-0.2, -0.15) is 0 Å². The van der Waals surface area contributed by atoms with Gasteiger partial charge in [-0.15, -0.1) is 0 Å². The third kappa shape index (κ3) is 8.98. The van der Waals surface area contributed by atoms with Gasteiger partial charge in [-0.1, -0.05) is 109 Å². The van der Waals surface area contributed by atoms with E-state index in [-0.39, 0.29) is 23.8 Å². The molecule has 0 heterocycles. The lowest BCUT2D eigenvalue weighted by Gasteiger charge is -2.34. The van der Waals surface area contributed by atoms with E-state index in [1.54, 1.807) is 37.3 Å².